The predicted octanol–water partition coefficient (Wildman–Crippen LogP) is 2.62. The molecule has 2 N–H and O–H groups in total. The molecule has 1 amide bonds. The number of carbonyl (C=O) groups is 1. The Morgan fingerprint density at radius 2 is 1.90 bits per heavy atom. The maximum Gasteiger partial charge on any atom is 0.271 e. The van der Waals surface area contributed by atoms with Crippen molar-refractivity contribution in [2.75, 3.05) is 5.32 Å². The molecule has 20 heavy (non-hydrogen) atoms. The predicted molar refractivity (Wildman–Crippen MR) is 78.8 cm³/mol. The lowest BCUT2D eigenvalue weighted by molar-refractivity contribution is -0.384. The molecule has 0 radical (unpaired) electrons. The van der Waals surface area contributed by atoms with Crippen molar-refractivity contribution in [1.82, 2.24) is 5.32 Å². The van der Waals surface area contributed by atoms with Crippen LogP contribution >= 0.6 is 0 Å². The van der Waals surface area contributed by atoms with E-state index in [1.165, 1.54) is 12.1 Å². The van der Waals surface area contributed by atoms with E-state index in [1.54, 1.807) is 19.9 Å². The van der Waals surface area contributed by atoms with Gasteiger partial charge in [-0.05, 0) is 46.2 Å². The van der Waals surface area contributed by atoms with Crippen LogP contribution in [0.3, 0.4) is 0 Å². The Morgan fingerprint density at radius 1 is 1.30 bits per heavy atom. The van der Waals surface area contributed by atoms with Crippen LogP contribution in [0.25, 0.3) is 0 Å². The molecule has 110 valence electrons. The van der Waals surface area contributed by atoms with Crippen LogP contribution in [-0.2, 0) is 4.79 Å². The van der Waals surface area contributed by atoms with Crippen molar-refractivity contribution in [3.8, 4) is 0 Å². The van der Waals surface area contributed by atoms with E-state index < -0.39 is 11.0 Å². The molecule has 1 aromatic rings. The van der Waals surface area contributed by atoms with E-state index in [-0.39, 0.29) is 17.1 Å². The van der Waals surface area contributed by atoms with Crippen molar-refractivity contribution in [2.24, 2.45) is 0 Å². The van der Waals surface area contributed by atoms with Crippen molar-refractivity contribution in [3.05, 3.63) is 33.9 Å². The number of carbonyl (C=O) groups excluding carboxylic acids is 1. The summed E-state index contributed by atoms with van der Waals surface area (Å²) >= 11 is 0. The smallest absolute Gasteiger partial charge is 0.271 e. The molecule has 0 aromatic heterocycles. The van der Waals surface area contributed by atoms with Gasteiger partial charge in [-0.3, -0.25) is 14.9 Å². The van der Waals surface area contributed by atoms with Gasteiger partial charge in [-0.2, -0.15) is 0 Å². The fraction of sp³-hybridized carbons (Fsp3) is 0.500. The minimum Gasteiger partial charge on any atom is -0.374 e. The molecule has 0 aliphatic rings. The lowest BCUT2D eigenvalue weighted by Crippen LogP contribution is -2.47. The highest BCUT2D eigenvalue weighted by molar-refractivity contribution is 5.84. The Bertz CT molecular complexity index is 521. The van der Waals surface area contributed by atoms with Crippen molar-refractivity contribution in [2.45, 2.75) is 46.2 Å². The first-order valence-corrected chi connectivity index (χ1v) is 6.43. The van der Waals surface area contributed by atoms with E-state index in [1.807, 2.05) is 20.8 Å². The fourth-order valence-electron chi connectivity index (χ4n) is 1.75. The van der Waals surface area contributed by atoms with E-state index in [0.29, 0.717) is 5.69 Å². The van der Waals surface area contributed by atoms with E-state index >= 15 is 0 Å². The van der Waals surface area contributed by atoms with Gasteiger partial charge in [-0.25, -0.2) is 0 Å². The maximum atomic E-state index is 12.0. The van der Waals surface area contributed by atoms with Crippen LogP contribution in [0.5, 0.6) is 0 Å². The number of anilines is 1. The average molecular weight is 279 g/mol. The monoisotopic (exact) mass is 279 g/mol. The van der Waals surface area contributed by atoms with Gasteiger partial charge >= 0.3 is 0 Å². The van der Waals surface area contributed by atoms with Crippen molar-refractivity contribution >= 4 is 17.3 Å². The summed E-state index contributed by atoms with van der Waals surface area (Å²) in [5.74, 6) is -0.151. The van der Waals surface area contributed by atoms with Crippen molar-refractivity contribution in [3.63, 3.8) is 0 Å². The van der Waals surface area contributed by atoms with Crippen LogP contribution in [0.2, 0.25) is 0 Å². The summed E-state index contributed by atoms with van der Waals surface area (Å²) in [4.78, 5) is 22.3. The third kappa shape index (κ3) is 4.87. The van der Waals surface area contributed by atoms with Gasteiger partial charge in [0.05, 0.1) is 4.92 Å². The summed E-state index contributed by atoms with van der Waals surface area (Å²) < 4.78 is 0. The summed E-state index contributed by atoms with van der Waals surface area (Å²) in [6, 6.07) is 4.21. The number of benzene rings is 1. The topological polar surface area (TPSA) is 84.3 Å². The summed E-state index contributed by atoms with van der Waals surface area (Å²) in [6.45, 7) is 9.19. The zero-order valence-electron chi connectivity index (χ0n) is 12.5. The summed E-state index contributed by atoms with van der Waals surface area (Å²) in [5.41, 5.74) is 1.03. The van der Waals surface area contributed by atoms with Gasteiger partial charge in [0, 0.05) is 23.4 Å². The third-order valence-electron chi connectivity index (χ3n) is 2.55. The second-order valence-electron chi connectivity index (χ2n) is 5.92. The number of nitro benzene ring substituents is 1. The normalized spacial score (nSPS) is 12.7. The number of aryl methyl sites for hydroxylation is 1. The van der Waals surface area contributed by atoms with E-state index in [9.17, 15) is 14.9 Å². The highest BCUT2D eigenvalue weighted by Gasteiger charge is 2.19. The molecule has 6 nitrogen and oxygen atoms in total. The van der Waals surface area contributed by atoms with Crippen LogP contribution in [0.4, 0.5) is 11.4 Å². The Morgan fingerprint density at radius 3 is 2.40 bits per heavy atom. The minimum absolute atomic E-state index is 0.0101. The Hall–Kier alpha value is -2.11. The molecule has 0 bridgehead atoms. The van der Waals surface area contributed by atoms with Crippen molar-refractivity contribution in [1.29, 1.82) is 0 Å². The third-order valence-corrected chi connectivity index (χ3v) is 2.55. The van der Waals surface area contributed by atoms with E-state index in [4.69, 9.17) is 0 Å². The number of amides is 1. The molecule has 0 fully saturated rings. The van der Waals surface area contributed by atoms with Gasteiger partial charge in [0.25, 0.3) is 5.69 Å². The summed E-state index contributed by atoms with van der Waals surface area (Å²) in [6.07, 6.45) is 0. The summed E-state index contributed by atoms with van der Waals surface area (Å²) in [5, 5.41) is 16.7. The largest absolute Gasteiger partial charge is 0.374 e. The lowest BCUT2D eigenvalue weighted by atomic mass is 10.1. The Labute approximate surface area is 118 Å². The number of nitro groups is 1. The molecule has 0 heterocycles. The molecule has 6 heteroatoms. The molecule has 1 unspecified atom stereocenters. The zero-order valence-corrected chi connectivity index (χ0v) is 12.5. The SMILES string of the molecule is Cc1cc(NC(C)C(=O)NC(C)(C)C)cc([N+](=O)[O-])c1. The van der Waals surface area contributed by atoms with Crippen LogP contribution in [-0.4, -0.2) is 22.4 Å². The Kier molecular flexibility index (Phi) is 4.70. The maximum absolute atomic E-state index is 12.0. The average Bonchev–Trinajstić information content (AvgIpc) is 2.25. The first-order chi connectivity index (χ1) is 9.08. The molecule has 0 saturated carbocycles. The molecular formula is C14H21N3O3. The first kappa shape index (κ1) is 15.9. The molecule has 1 rings (SSSR count). The molecule has 1 atom stereocenters. The molecule has 0 spiro atoms. The van der Waals surface area contributed by atoms with Gasteiger partial charge in [0.15, 0.2) is 0 Å². The number of nitrogens with zero attached hydrogens (tertiary/aromatic N) is 1. The fourth-order valence-corrected chi connectivity index (χ4v) is 1.75. The first-order valence-electron chi connectivity index (χ1n) is 6.43. The number of hydrogen-bond acceptors (Lipinski definition) is 4. The second kappa shape index (κ2) is 5.90. The van der Waals surface area contributed by atoms with E-state index in [2.05, 4.69) is 10.6 Å². The molecular weight excluding hydrogens is 258 g/mol. The highest BCUT2D eigenvalue weighted by Crippen LogP contribution is 2.21. The molecule has 0 aliphatic carbocycles. The molecule has 1 aromatic carbocycles. The quantitative estimate of drug-likeness (QED) is 0.655. The lowest BCUT2D eigenvalue weighted by Gasteiger charge is -2.24. The van der Waals surface area contributed by atoms with Crippen LogP contribution < -0.4 is 10.6 Å². The van der Waals surface area contributed by atoms with Crippen LogP contribution in [0.1, 0.15) is 33.3 Å². The zero-order chi connectivity index (χ0) is 15.5. The van der Waals surface area contributed by atoms with Gasteiger partial charge < -0.3 is 10.6 Å². The number of nitrogens with one attached hydrogen (secondary N) is 2. The van der Waals surface area contributed by atoms with Gasteiger partial charge in [-0.15, -0.1) is 0 Å². The van der Waals surface area contributed by atoms with Gasteiger partial charge in [0.1, 0.15) is 6.04 Å². The van der Waals surface area contributed by atoms with Crippen LogP contribution in [0, 0.1) is 17.0 Å². The van der Waals surface area contributed by atoms with E-state index in [0.717, 1.165) is 5.56 Å². The number of non-ortho nitro benzene ring substituents is 1. The Balaban J connectivity index is 2.83. The molecule has 0 aliphatic heterocycles. The minimum atomic E-state index is -0.476. The standard InChI is InChI=1S/C14H21N3O3/c1-9-6-11(8-12(7-9)17(19)20)15-10(2)13(18)16-14(3,4)5/h6-8,10,15H,1-5H3,(H,16,18). The second-order valence-corrected chi connectivity index (χ2v) is 5.92. The van der Waals surface area contributed by atoms with Gasteiger partial charge in [-0.1, -0.05) is 0 Å². The van der Waals surface area contributed by atoms with Crippen molar-refractivity contribution < 1.29 is 9.72 Å². The molecule has 0 saturated heterocycles. The van der Waals surface area contributed by atoms with Crippen LogP contribution in [0.15, 0.2) is 18.2 Å². The number of hydrogen-bond donors (Lipinski definition) is 2. The van der Waals surface area contributed by atoms with Gasteiger partial charge in [0.2, 0.25) is 5.91 Å². The highest BCUT2D eigenvalue weighted by atomic mass is 16.6. The number of rotatable bonds is 4. The summed E-state index contributed by atoms with van der Waals surface area (Å²) in [7, 11) is 0.